The average Bonchev–Trinajstić information content (AvgIpc) is 3.12. The van der Waals surface area contributed by atoms with Gasteiger partial charge in [-0.05, 0) is 37.0 Å². The van der Waals surface area contributed by atoms with Crippen molar-refractivity contribution < 1.29 is 0 Å². The summed E-state index contributed by atoms with van der Waals surface area (Å²) in [6, 6.07) is 0.873. The molecule has 1 atom stereocenters. The van der Waals surface area contributed by atoms with Gasteiger partial charge in [0.05, 0.1) is 0 Å². The van der Waals surface area contributed by atoms with Crippen molar-refractivity contribution in [1.29, 1.82) is 0 Å². The van der Waals surface area contributed by atoms with E-state index in [1.54, 1.807) is 0 Å². The van der Waals surface area contributed by atoms with Crippen LogP contribution >= 0.6 is 0 Å². The maximum Gasteiger partial charge on any atom is 0.00684 e. The van der Waals surface area contributed by atoms with E-state index in [9.17, 15) is 0 Å². The van der Waals surface area contributed by atoms with E-state index >= 15 is 0 Å². The molecule has 2 aliphatic carbocycles. The first-order chi connectivity index (χ1) is 8.22. The van der Waals surface area contributed by atoms with Gasteiger partial charge in [0.2, 0.25) is 0 Å². The fraction of sp³-hybridized carbons (Fsp3) is 1.00. The van der Waals surface area contributed by atoms with E-state index in [4.69, 9.17) is 0 Å². The van der Waals surface area contributed by atoms with Crippen LogP contribution in [0, 0.1) is 11.3 Å². The Morgan fingerprint density at radius 1 is 1.06 bits per heavy atom. The second-order valence-corrected chi connectivity index (χ2v) is 6.92. The van der Waals surface area contributed by atoms with Gasteiger partial charge in [0, 0.05) is 12.6 Å². The highest BCUT2D eigenvalue weighted by molar-refractivity contribution is 4.87. The Kier molecular flexibility index (Phi) is 4.90. The molecule has 1 unspecified atom stereocenters. The standard InChI is InChI=1S/C16H31N/c1-3-11-16(2,13-17-15-9-10-15)12-14-7-5-4-6-8-14/h14-15,17H,3-13H2,1-2H3. The SMILES string of the molecule is CCCC(C)(CNC1CC1)CC1CCCCC1. The Morgan fingerprint density at radius 3 is 2.35 bits per heavy atom. The summed E-state index contributed by atoms with van der Waals surface area (Å²) in [5.41, 5.74) is 0.569. The van der Waals surface area contributed by atoms with Crippen molar-refractivity contribution in [1.82, 2.24) is 5.32 Å². The van der Waals surface area contributed by atoms with Crippen LogP contribution in [-0.4, -0.2) is 12.6 Å². The van der Waals surface area contributed by atoms with Crippen molar-refractivity contribution in [3.8, 4) is 0 Å². The number of hydrogen-bond donors (Lipinski definition) is 1. The molecule has 0 radical (unpaired) electrons. The second-order valence-electron chi connectivity index (χ2n) is 6.92. The van der Waals surface area contributed by atoms with Crippen molar-refractivity contribution in [2.45, 2.75) is 84.1 Å². The van der Waals surface area contributed by atoms with E-state index in [-0.39, 0.29) is 0 Å². The van der Waals surface area contributed by atoms with Crippen LogP contribution in [-0.2, 0) is 0 Å². The molecular weight excluding hydrogens is 206 g/mol. The van der Waals surface area contributed by atoms with Crippen molar-refractivity contribution in [3.05, 3.63) is 0 Å². The van der Waals surface area contributed by atoms with E-state index in [0.29, 0.717) is 5.41 Å². The van der Waals surface area contributed by atoms with Crippen molar-refractivity contribution in [2.75, 3.05) is 6.54 Å². The minimum absolute atomic E-state index is 0.569. The lowest BCUT2D eigenvalue weighted by atomic mass is 9.73. The van der Waals surface area contributed by atoms with Gasteiger partial charge in [0.15, 0.2) is 0 Å². The summed E-state index contributed by atoms with van der Waals surface area (Å²) in [5, 5.41) is 3.77. The van der Waals surface area contributed by atoms with Crippen LogP contribution in [0.15, 0.2) is 0 Å². The van der Waals surface area contributed by atoms with Gasteiger partial charge in [0.25, 0.3) is 0 Å². The van der Waals surface area contributed by atoms with Gasteiger partial charge in [0.1, 0.15) is 0 Å². The lowest BCUT2D eigenvalue weighted by Gasteiger charge is -2.35. The maximum atomic E-state index is 3.77. The van der Waals surface area contributed by atoms with Crippen LogP contribution in [0.4, 0.5) is 0 Å². The van der Waals surface area contributed by atoms with Crippen LogP contribution in [0.25, 0.3) is 0 Å². The first-order valence-electron chi connectivity index (χ1n) is 7.95. The van der Waals surface area contributed by atoms with Crippen LogP contribution in [0.1, 0.15) is 78.1 Å². The zero-order valence-corrected chi connectivity index (χ0v) is 11.9. The molecule has 0 spiro atoms. The molecular formula is C16H31N. The Labute approximate surface area is 108 Å². The molecule has 0 aromatic rings. The molecule has 100 valence electrons. The quantitative estimate of drug-likeness (QED) is 0.686. The van der Waals surface area contributed by atoms with E-state index in [1.165, 1.54) is 70.8 Å². The molecule has 0 bridgehead atoms. The summed E-state index contributed by atoms with van der Waals surface area (Å²) in [5.74, 6) is 1.03. The molecule has 2 saturated carbocycles. The lowest BCUT2D eigenvalue weighted by molar-refractivity contribution is 0.181. The summed E-state index contributed by atoms with van der Waals surface area (Å²) in [6.07, 6.45) is 14.5. The molecule has 2 fully saturated rings. The third-order valence-electron chi connectivity index (χ3n) is 4.75. The summed E-state index contributed by atoms with van der Waals surface area (Å²) >= 11 is 0. The predicted molar refractivity (Wildman–Crippen MR) is 75.2 cm³/mol. The van der Waals surface area contributed by atoms with Gasteiger partial charge in [-0.25, -0.2) is 0 Å². The number of nitrogens with one attached hydrogen (secondary N) is 1. The zero-order valence-electron chi connectivity index (χ0n) is 11.9. The van der Waals surface area contributed by atoms with Crippen molar-refractivity contribution in [3.63, 3.8) is 0 Å². The minimum atomic E-state index is 0.569. The van der Waals surface area contributed by atoms with E-state index in [0.717, 1.165) is 12.0 Å². The first kappa shape index (κ1) is 13.4. The van der Waals surface area contributed by atoms with Crippen molar-refractivity contribution >= 4 is 0 Å². The van der Waals surface area contributed by atoms with Crippen LogP contribution in [0.3, 0.4) is 0 Å². The van der Waals surface area contributed by atoms with Gasteiger partial charge in [-0.1, -0.05) is 52.4 Å². The molecule has 1 heteroatoms. The summed E-state index contributed by atoms with van der Waals surface area (Å²) in [4.78, 5) is 0. The maximum absolute atomic E-state index is 3.77. The monoisotopic (exact) mass is 237 g/mol. The van der Waals surface area contributed by atoms with E-state index in [2.05, 4.69) is 19.2 Å². The van der Waals surface area contributed by atoms with Gasteiger partial charge in [-0.15, -0.1) is 0 Å². The third kappa shape index (κ3) is 4.62. The summed E-state index contributed by atoms with van der Waals surface area (Å²) in [7, 11) is 0. The molecule has 2 rings (SSSR count). The van der Waals surface area contributed by atoms with Crippen LogP contribution in [0.2, 0.25) is 0 Å². The number of rotatable bonds is 7. The highest BCUT2D eigenvalue weighted by atomic mass is 15.0. The van der Waals surface area contributed by atoms with Gasteiger partial charge >= 0.3 is 0 Å². The zero-order chi connectivity index (χ0) is 12.1. The second kappa shape index (κ2) is 6.22. The smallest absolute Gasteiger partial charge is 0.00684 e. The molecule has 0 saturated heterocycles. The molecule has 17 heavy (non-hydrogen) atoms. The lowest BCUT2D eigenvalue weighted by Crippen LogP contribution is -2.35. The Bertz CT molecular complexity index is 216. The third-order valence-corrected chi connectivity index (χ3v) is 4.75. The minimum Gasteiger partial charge on any atom is -0.313 e. The molecule has 0 aliphatic heterocycles. The van der Waals surface area contributed by atoms with Crippen molar-refractivity contribution in [2.24, 2.45) is 11.3 Å². The molecule has 1 nitrogen and oxygen atoms in total. The fourth-order valence-corrected chi connectivity index (χ4v) is 3.63. The normalized spacial score (nSPS) is 25.8. The van der Waals surface area contributed by atoms with Gasteiger partial charge < -0.3 is 5.32 Å². The van der Waals surface area contributed by atoms with Crippen LogP contribution < -0.4 is 5.32 Å². The molecule has 0 aromatic carbocycles. The predicted octanol–water partition coefficient (Wildman–Crippen LogP) is 4.52. The Morgan fingerprint density at radius 2 is 1.76 bits per heavy atom. The van der Waals surface area contributed by atoms with Gasteiger partial charge in [-0.2, -0.15) is 0 Å². The summed E-state index contributed by atoms with van der Waals surface area (Å²) < 4.78 is 0. The molecule has 0 heterocycles. The fourth-order valence-electron chi connectivity index (χ4n) is 3.63. The van der Waals surface area contributed by atoms with E-state index < -0.39 is 0 Å². The summed E-state index contributed by atoms with van der Waals surface area (Å²) in [6.45, 7) is 6.14. The average molecular weight is 237 g/mol. The Balaban J connectivity index is 1.79. The Hall–Kier alpha value is -0.0400. The topological polar surface area (TPSA) is 12.0 Å². The molecule has 0 aromatic heterocycles. The van der Waals surface area contributed by atoms with Crippen LogP contribution in [0.5, 0.6) is 0 Å². The highest BCUT2D eigenvalue weighted by Crippen LogP contribution is 2.37. The first-order valence-corrected chi connectivity index (χ1v) is 7.95. The molecule has 0 amide bonds. The highest BCUT2D eigenvalue weighted by Gasteiger charge is 2.30. The molecule has 1 N–H and O–H groups in total. The molecule has 2 aliphatic rings. The van der Waals surface area contributed by atoms with E-state index in [1.807, 2.05) is 0 Å². The number of hydrogen-bond acceptors (Lipinski definition) is 1. The van der Waals surface area contributed by atoms with Gasteiger partial charge in [-0.3, -0.25) is 0 Å². The largest absolute Gasteiger partial charge is 0.313 e.